The van der Waals surface area contributed by atoms with E-state index in [9.17, 15) is 0 Å². The van der Waals surface area contributed by atoms with Crippen LogP contribution in [0.25, 0.3) is 6.08 Å². The van der Waals surface area contributed by atoms with Crippen molar-refractivity contribution in [3.05, 3.63) is 35.9 Å². The van der Waals surface area contributed by atoms with Gasteiger partial charge in [0, 0.05) is 0 Å². The van der Waals surface area contributed by atoms with Crippen LogP contribution in [0.3, 0.4) is 0 Å². The second kappa shape index (κ2) is 3.72. The van der Waals surface area contributed by atoms with Gasteiger partial charge in [-0.2, -0.15) is 0 Å². The van der Waals surface area contributed by atoms with E-state index in [0.717, 1.165) is 5.56 Å². The van der Waals surface area contributed by atoms with Crippen LogP contribution in [-0.2, 0) is 0 Å². The first-order chi connectivity index (χ1) is 5.66. The summed E-state index contributed by atoms with van der Waals surface area (Å²) in [5, 5.41) is 1.17. The molecule has 0 unspecified atom stereocenters. The minimum atomic E-state index is 0.553. The Bertz CT molecular complexity index is 287. The lowest BCUT2D eigenvalue weighted by Gasteiger charge is -2.11. The maximum Gasteiger partial charge on any atom is 0.0724 e. The Morgan fingerprint density at radius 1 is 1.42 bits per heavy atom. The molecule has 0 saturated heterocycles. The van der Waals surface area contributed by atoms with Crippen LogP contribution in [0.4, 0.5) is 0 Å². The van der Waals surface area contributed by atoms with Gasteiger partial charge in [-0.25, -0.2) is 0 Å². The molecule has 0 nitrogen and oxygen atoms in total. The molecule has 3 radical (unpaired) electrons. The highest BCUT2D eigenvalue weighted by molar-refractivity contribution is 6.35. The Balaban J connectivity index is 3.22. The second-order valence-electron chi connectivity index (χ2n) is 3.17. The van der Waals surface area contributed by atoms with Gasteiger partial charge in [0.1, 0.15) is 0 Å². The lowest BCUT2D eigenvalue weighted by molar-refractivity contribution is 0.873. The minimum Gasteiger partial charge on any atom is -0.0985 e. The van der Waals surface area contributed by atoms with Gasteiger partial charge >= 0.3 is 0 Å². The van der Waals surface area contributed by atoms with Gasteiger partial charge in [0.15, 0.2) is 0 Å². The third kappa shape index (κ3) is 1.67. The summed E-state index contributed by atoms with van der Waals surface area (Å²) in [6, 6.07) is 6.26. The van der Waals surface area contributed by atoms with Crippen molar-refractivity contribution in [3.63, 3.8) is 0 Å². The van der Waals surface area contributed by atoms with Gasteiger partial charge in [-0.1, -0.05) is 49.9 Å². The second-order valence-corrected chi connectivity index (χ2v) is 3.67. The highest BCUT2D eigenvalue weighted by Crippen LogP contribution is 2.12. The van der Waals surface area contributed by atoms with Gasteiger partial charge in [0.25, 0.3) is 0 Å². The SMILES string of the molecule is C=Cc1cccc(C(C)C)c1[Si]. The van der Waals surface area contributed by atoms with E-state index in [1.807, 2.05) is 6.08 Å². The summed E-state index contributed by atoms with van der Waals surface area (Å²) >= 11 is 0. The number of rotatable bonds is 2. The molecule has 0 fully saturated rings. The Labute approximate surface area is 77.7 Å². The summed E-state index contributed by atoms with van der Waals surface area (Å²) in [5.74, 6) is 0.553. The zero-order valence-corrected chi connectivity index (χ0v) is 8.59. The predicted octanol–water partition coefficient (Wildman–Crippen LogP) is 2.25. The van der Waals surface area contributed by atoms with Crippen LogP contribution in [0, 0.1) is 0 Å². The summed E-state index contributed by atoms with van der Waals surface area (Å²) in [5.41, 5.74) is 2.50. The zero-order valence-electron chi connectivity index (χ0n) is 7.59. The molecule has 0 heterocycles. The molecule has 0 aliphatic heterocycles. The summed E-state index contributed by atoms with van der Waals surface area (Å²) in [4.78, 5) is 0. The molecule has 1 aromatic rings. The van der Waals surface area contributed by atoms with E-state index in [1.54, 1.807) is 0 Å². The molecule has 12 heavy (non-hydrogen) atoms. The molecule has 0 amide bonds. The lowest BCUT2D eigenvalue weighted by atomic mass is 10.0. The molecular formula is C11H13Si. The predicted molar refractivity (Wildman–Crippen MR) is 56.0 cm³/mol. The maximum absolute atomic E-state index is 3.76. The first-order valence-electron chi connectivity index (χ1n) is 4.13. The van der Waals surface area contributed by atoms with E-state index in [1.165, 1.54) is 10.8 Å². The fraction of sp³-hybridized carbons (Fsp3) is 0.273. The third-order valence-corrected chi connectivity index (χ3v) is 2.55. The fourth-order valence-corrected chi connectivity index (χ4v) is 1.80. The topological polar surface area (TPSA) is 0 Å². The standard InChI is InChI=1S/C11H13Si/c1-4-9-6-5-7-10(8(2)3)11(9)12/h4-8H,1H2,2-3H3. The van der Waals surface area contributed by atoms with E-state index in [4.69, 9.17) is 0 Å². The average Bonchev–Trinajstić information content (AvgIpc) is 2.04. The van der Waals surface area contributed by atoms with E-state index < -0.39 is 0 Å². The summed E-state index contributed by atoms with van der Waals surface area (Å²) in [6.45, 7) is 8.13. The van der Waals surface area contributed by atoms with Gasteiger partial charge in [0.05, 0.1) is 10.2 Å². The molecule has 0 N–H and O–H groups in total. The molecule has 0 bridgehead atoms. The largest absolute Gasteiger partial charge is 0.0985 e. The average molecular weight is 173 g/mol. The van der Waals surface area contributed by atoms with Crippen molar-refractivity contribution >= 4 is 21.5 Å². The lowest BCUT2D eigenvalue weighted by Crippen LogP contribution is -2.14. The Morgan fingerprint density at radius 3 is 2.58 bits per heavy atom. The fourth-order valence-electron chi connectivity index (χ4n) is 1.24. The molecule has 61 valence electrons. The van der Waals surface area contributed by atoms with Crippen molar-refractivity contribution in [2.24, 2.45) is 0 Å². The maximum atomic E-state index is 3.76. The first-order valence-corrected chi connectivity index (χ1v) is 4.63. The normalized spacial score (nSPS) is 10.3. The summed E-state index contributed by atoms with van der Waals surface area (Å²) < 4.78 is 0. The molecule has 0 spiro atoms. The molecule has 0 saturated carbocycles. The van der Waals surface area contributed by atoms with Gasteiger partial charge in [-0.15, -0.1) is 0 Å². The van der Waals surface area contributed by atoms with Crippen molar-refractivity contribution in [1.29, 1.82) is 0 Å². The number of hydrogen-bond acceptors (Lipinski definition) is 0. The molecule has 0 atom stereocenters. The molecule has 1 aromatic carbocycles. The van der Waals surface area contributed by atoms with E-state index in [0.29, 0.717) is 5.92 Å². The van der Waals surface area contributed by atoms with Crippen molar-refractivity contribution in [2.75, 3.05) is 0 Å². The third-order valence-electron chi connectivity index (χ3n) is 1.97. The molecule has 0 aliphatic carbocycles. The van der Waals surface area contributed by atoms with Crippen LogP contribution in [0.15, 0.2) is 24.8 Å². The summed E-state index contributed by atoms with van der Waals surface area (Å²) in [7, 11) is 3.62. The van der Waals surface area contributed by atoms with Crippen molar-refractivity contribution in [3.8, 4) is 0 Å². The molecular weight excluding hydrogens is 160 g/mol. The summed E-state index contributed by atoms with van der Waals surface area (Å²) in [6.07, 6.45) is 1.87. The monoisotopic (exact) mass is 173 g/mol. The molecule has 1 rings (SSSR count). The van der Waals surface area contributed by atoms with E-state index in [-0.39, 0.29) is 0 Å². The van der Waals surface area contributed by atoms with Crippen LogP contribution in [0.5, 0.6) is 0 Å². The number of benzene rings is 1. The Kier molecular flexibility index (Phi) is 2.87. The van der Waals surface area contributed by atoms with Gasteiger partial charge in [-0.3, -0.25) is 0 Å². The van der Waals surface area contributed by atoms with Crippen molar-refractivity contribution < 1.29 is 0 Å². The zero-order chi connectivity index (χ0) is 9.14. The van der Waals surface area contributed by atoms with E-state index in [2.05, 4.69) is 48.9 Å². The van der Waals surface area contributed by atoms with Crippen molar-refractivity contribution in [1.82, 2.24) is 0 Å². The smallest absolute Gasteiger partial charge is 0.0724 e. The molecule has 0 aromatic heterocycles. The van der Waals surface area contributed by atoms with Gasteiger partial charge in [0.2, 0.25) is 0 Å². The highest BCUT2D eigenvalue weighted by Gasteiger charge is 2.04. The molecule has 1 heteroatoms. The highest BCUT2D eigenvalue weighted by atomic mass is 28.1. The van der Waals surface area contributed by atoms with E-state index >= 15 is 0 Å². The van der Waals surface area contributed by atoms with Crippen LogP contribution >= 0.6 is 0 Å². The van der Waals surface area contributed by atoms with Crippen LogP contribution in [-0.4, -0.2) is 10.2 Å². The van der Waals surface area contributed by atoms with Gasteiger partial charge < -0.3 is 0 Å². The first kappa shape index (κ1) is 9.27. The number of hydrogen-bond donors (Lipinski definition) is 0. The van der Waals surface area contributed by atoms with Crippen LogP contribution in [0.1, 0.15) is 30.9 Å². The van der Waals surface area contributed by atoms with Crippen molar-refractivity contribution in [2.45, 2.75) is 19.8 Å². The minimum absolute atomic E-state index is 0.553. The Hall–Kier alpha value is -0.823. The van der Waals surface area contributed by atoms with Crippen LogP contribution in [0.2, 0.25) is 0 Å². The Morgan fingerprint density at radius 2 is 2.08 bits per heavy atom. The molecule has 0 aliphatic rings. The van der Waals surface area contributed by atoms with Crippen LogP contribution < -0.4 is 5.19 Å². The quantitative estimate of drug-likeness (QED) is 0.602. The van der Waals surface area contributed by atoms with Gasteiger partial charge in [-0.05, 0) is 17.0 Å².